The summed E-state index contributed by atoms with van der Waals surface area (Å²) in [6.45, 7) is 8.84. The maximum absolute atomic E-state index is 12.6. The standard InChI is InChI=1S/C24H34O2/c1-6-24(16(3)25)12-10-20-19-8-7-17-14-18(26)13-15(2)23(17,5)21(19)9-11-22(20,24)4/h1,15,17,19-21H,7-14H2,2-5H3/t15?,17-,19-,20+,21-,22-,23-,24+/m0/s1. The van der Waals surface area contributed by atoms with Gasteiger partial charge in [0, 0.05) is 12.8 Å². The van der Waals surface area contributed by atoms with E-state index in [1.54, 1.807) is 6.92 Å². The molecule has 0 aromatic rings. The summed E-state index contributed by atoms with van der Waals surface area (Å²) in [6, 6.07) is 0. The van der Waals surface area contributed by atoms with Crippen molar-refractivity contribution in [3.05, 3.63) is 0 Å². The molecule has 4 rings (SSSR count). The van der Waals surface area contributed by atoms with E-state index in [0.717, 1.165) is 32.1 Å². The zero-order valence-corrected chi connectivity index (χ0v) is 16.9. The van der Waals surface area contributed by atoms with Crippen molar-refractivity contribution in [1.82, 2.24) is 0 Å². The highest BCUT2D eigenvalue weighted by Gasteiger charge is 2.66. The lowest BCUT2D eigenvalue weighted by Gasteiger charge is -2.62. The molecule has 4 fully saturated rings. The Morgan fingerprint density at radius 2 is 1.77 bits per heavy atom. The fourth-order valence-corrected chi connectivity index (χ4v) is 8.44. The van der Waals surface area contributed by atoms with Gasteiger partial charge in [0.2, 0.25) is 0 Å². The highest BCUT2D eigenvalue weighted by Crippen LogP contribution is 2.70. The summed E-state index contributed by atoms with van der Waals surface area (Å²) in [5.41, 5.74) is -0.296. The van der Waals surface area contributed by atoms with Crippen molar-refractivity contribution >= 4 is 11.6 Å². The van der Waals surface area contributed by atoms with Crippen LogP contribution in [0.3, 0.4) is 0 Å². The zero-order chi connectivity index (χ0) is 18.9. The van der Waals surface area contributed by atoms with Crippen molar-refractivity contribution in [3.8, 4) is 12.3 Å². The number of Topliss-reactive ketones (excluding diaryl/α,β-unsaturated/α-hetero) is 2. The van der Waals surface area contributed by atoms with Crippen LogP contribution in [0.4, 0.5) is 0 Å². The second kappa shape index (κ2) is 5.70. The summed E-state index contributed by atoms with van der Waals surface area (Å²) >= 11 is 0. The molecule has 1 unspecified atom stereocenters. The van der Waals surface area contributed by atoms with Crippen molar-refractivity contribution in [2.75, 3.05) is 0 Å². The number of fused-ring (bicyclic) bond motifs is 5. The Labute approximate surface area is 158 Å². The first-order valence-corrected chi connectivity index (χ1v) is 10.7. The van der Waals surface area contributed by atoms with Crippen LogP contribution in [0.1, 0.15) is 79.1 Å². The maximum Gasteiger partial charge on any atom is 0.148 e. The number of carbonyl (C=O) groups excluding carboxylic acids is 2. The number of carbonyl (C=O) groups is 2. The molecule has 8 atom stereocenters. The minimum Gasteiger partial charge on any atom is -0.300 e. The Bertz CT molecular complexity index is 687. The lowest BCUT2D eigenvalue weighted by atomic mass is 9.41. The van der Waals surface area contributed by atoms with E-state index in [-0.39, 0.29) is 16.6 Å². The van der Waals surface area contributed by atoms with E-state index in [1.807, 2.05) is 0 Å². The zero-order valence-electron chi connectivity index (χ0n) is 16.9. The molecule has 0 heterocycles. The van der Waals surface area contributed by atoms with E-state index >= 15 is 0 Å². The normalized spacial score (nSPS) is 53.2. The Morgan fingerprint density at radius 3 is 2.42 bits per heavy atom. The summed E-state index contributed by atoms with van der Waals surface area (Å²) in [4.78, 5) is 24.8. The number of rotatable bonds is 1. The predicted molar refractivity (Wildman–Crippen MR) is 103 cm³/mol. The molecule has 0 saturated heterocycles. The van der Waals surface area contributed by atoms with Gasteiger partial charge in [0.15, 0.2) is 0 Å². The Kier molecular flexibility index (Phi) is 4.00. The molecule has 0 bridgehead atoms. The number of hydrogen-bond acceptors (Lipinski definition) is 2. The Morgan fingerprint density at radius 1 is 1.08 bits per heavy atom. The Hall–Kier alpha value is -1.10. The van der Waals surface area contributed by atoms with Gasteiger partial charge in [-0.2, -0.15) is 0 Å². The van der Waals surface area contributed by atoms with Crippen LogP contribution in [-0.4, -0.2) is 11.6 Å². The molecule has 0 spiro atoms. The van der Waals surface area contributed by atoms with Crippen molar-refractivity contribution in [1.29, 1.82) is 0 Å². The second-order valence-corrected chi connectivity index (χ2v) is 10.5. The van der Waals surface area contributed by atoms with Crippen LogP contribution in [0.25, 0.3) is 0 Å². The molecule has 0 aliphatic heterocycles. The molecule has 2 nitrogen and oxygen atoms in total. The van der Waals surface area contributed by atoms with Crippen molar-refractivity contribution < 1.29 is 9.59 Å². The first-order chi connectivity index (χ1) is 12.2. The van der Waals surface area contributed by atoms with Gasteiger partial charge in [-0.1, -0.05) is 26.7 Å². The molecule has 26 heavy (non-hydrogen) atoms. The van der Waals surface area contributed by atoms with Gasteiger partial charge in [-0.15, -0.1) is 6.42 Å². The number of hydrogen-bond donors (Lipinski definition) is 0. The van der Waals surface area contributed by atoms with Crippen LogP contribution in [0.2, 0.25) is 0 Å². The van der Waals surface area contributed by atoms with E-state index in [1.165, 1.54) is 19.3 Å². The van der Waals surface area contributed by atoms with Crippen molar-refractivity contribution in [2.45, 2.75) is 79.1 Å². The third kappa shape index (κ3) is 2.01. The van der Waals surface area contributed by atoms with Crippen LogP contribution in [0, 0.1) is 58.2 Å². The van der Waals surface area contributed by atoms with E-state index in [0.29, 0.717) is 35.4 Å². The fourth-order valence-electron chi connectivity index (χ4n) is 8.44. The summed E-state index contributed by atoms with van der Waals surface area (Å²) in [6.07, 6.45) is 14.2. The second-order valence-electron chi connectivity index (χ2n) is 10.5. The fraction of sp³-hybridized carbons (Fsp3) is 0.833. The van der Waals surface area contributed by atoms with E-state index in [2.05, 4.69) is 26.7 Å². The maximum atomic E-state index is 12.6. The SMILES string of the molecule is C#C[C@]1(C(C)=O)CC[C@@H]2[C@@H]3CC[C@H]4CC(=O)CC(C)[C@]4(C)[C@H]3CC[C@@]21C. The summed E-state index contributed by atoms with van der Waals surface area (Å²) < 4.78 is 0. The molecule has 4 aliphatic carbocycles. The van der Waals surface area contributed by atoms with Gasteiger partial charge in [0.25, 0.3) is 0 Å². The van der Waals surface area contributed by atoms with Gasteiger partial charge in [-0.25, -0.2) is 0 Å². The summed E-state index contributed by atoms with van der Waals surface area (Å²) in [5, 5.41) is 0. The quantitative estimate of drug-likeness (QED) is 0.617. The van der Waals surface area contributed by atoms with Gasteiger partial charge in [0.1, 0.15) is 11.6 Å². The first-order valence-electron chi connectivity index (χ1n) is 10.7. The predicted octanol–water partition coefficient (Wildman–Crippen LogP) is 5.05. The van der Waals surface area contributed by atoms with Crippen molar-refractivity contribution in [3.63, 3.8) is 0 Å². The van der Waals surface area contributed by atoms with Gasteiger partial charge in [-0.05, 0) is 85.9 Å². The molecule has 0 amide bonds. The third-order valence-corrected chi connectivity index (χ3v) is 10.1. The molecule has 0 radical (unpaired) electrons. The minimum atomic E-state index is -0.547. The highest BCUT2D eigenvalue weighted by atomic mass is 16.1. The number of terminal acetylenes is 1. The van der Waals surface area contributed by atoms with Crippen molar-refractivity contribution in [2.24, 2.45) is 45.8 Å². The topological polar surface area (TPSA) is 34.1 Å². The van der Waals surface area contributed by atoms with Crippen LogP contribution in [-0.2, 0) is 9.59 Å². The smallest absolute Gasteiger partial charge is 0.148 e. The summed E-state index contributed by atoms with van der Waals surface area (Å²) in [5.74, 6) is 6.68. The van der Waals surface area contributed by atoms with E-state index in [9.17, 15) is 9.59 Å². The van der Waals surface area contributed by atoms with E-state index < -0.39 is 5.41 Å². The highest BCUT2D eigenvalue weighted by molar-refractivity contribution is 5.87. The lowest BCUT2D eigenvalue weighted by molar-refractivity contribution is -0.157. The van der Waals surface area contributed by atoms with Crippen LogP contribution in [0.15, 0.2) is 0 Å². The van der Waals surface area contributed by atoms with E-state index in [4.69, 9.17) is 6.42 Å². The van der Waals surface area contributed by atoms with Gasteiger partial charge < -0.3 is 0 Å². The molecule has 4 aliphatic rings. The monoisotopic (exact) mass is 354 g/mol. The summed E-state index contributed by atoms with van der Waals surface area (Å²) in [7, 11) is 0. The minimum absolute atomic E-state index is 0.0360. The number of ketones is 2. The lowest BCUT2D eigenvalue weighted by Crippen LogP contribution is -2.57. The molecule has 0 N–H and O–H groups in total. The molecule has 2 heteroatoms. The molecular weight excluding hydrogens is 320 g/mol. The third-order valence-electron chi connectivity index (χ3n) is 10.1. The molecule has 0 aromatic carbocycles. The largest absolute Gasteiger partial charge is 0.300 e. The molecule has 142 valence electrons. The van der Waals surface area contributed by atoms with Gasteiger partial charge >= 0.3 is 0 Å². The van der Waals surface area contributed by atoms with Gasteiger partial charge in [0.05, 0.1) is 5.41 Å². The molecule has 0 aromatic heterocycles. The van der Waals surface area contributed by atoms with Crippen LogP contribution in [0.5, 0.6) is 0 Å². The Balaban J connectivity index is 1.71. The van der Waals surface area contributed by atoms with Gasteiger partial charge in [-0.3, -0.25) is 9.59 Å². The molecule has 4 saturated carbocycles. The molecular formula is C24H34O2. The van der Waals surface area contributed by atoms with Crippen LogP contribution >= 0.6 is 0 Å². The van der Waals surface area contributed by atoms with Crippen LogP contribution < -0.4 is 0 Å². The first kappa shape index (κ1) is 18.3. The average molecular weight is 355 g/mol. The average Bonchev–Trinajstić information content (AvgIpc) is 2.89.